The van der Waals surface area contributed by atoms with E-state index in [9.17, 15) is 0 Å². The standard InChI is InChI=1S/C49H31N3OS/c1-3-14-30(15-4-1)32-19-9-26-40-44-37(23-13-28-42(44)53-45(32)40)34-21-10-22-35-33(34)20-11-25-39(35)48-50-47(31-16-5-2-6-17-31)51-49(52-48)41-27-12-24-38-36-18-7-8-29-43(36)54-46(38)41/h1-29,48H,(H,50,51,52). The quantitative estimate of drug-likeness (QED) is 0.193. The smallest absolute Gasteiger partial charge is 0.159 e. The number of nitrogens with zero attached hydrogens (tertiary/aromatic N) is 2. The van der Waals surface area contributed by atoms with Crippen molar-refractivity contribution in [2.45, 2.75) is 6.17 Å². The van der Waals surface area contributed by atoms with Crippen molar-refractivity contribution in [3.63, 3.8) is 0 Å². The largest absolute Gasteiger partial charge is 0.455 e. The number of hydrogen-bond donors (Lipinski definition) is 1. The van der Waals surface area contributed by atoms with Crippen LogP contribution >= 0.6 is 11.3 Å². The molecule has 0 fully saturated rings. The molecule has 54 heavy (non-hydrogen) atoms. The highest BCUT2D eigenvalue weighted by Gasteiger charge is 2.25. The lowest BCUT2D eigenvalue weighted by atomic mass is 9.92. The molecule has 3 heterocycles. The van der Waals surface area contributed by atoms with Crippen LogP contribution < -0.4 is 5.32 Å². The van der Waals surface area contributed by atoms with E-state index in [4.69, 9.17) is 14.4 Å². The number of fused-ring (bicyclic) bond motifs is 7. The molecule has 0 saturated carbocycles. The maximum atomic E-state index is 6.65. The fourth-order valence-electron chi connectivity index (χ4n) is 8.12. The van der Waals surface area contributed by atoms with Crippen LogP contribution in [-0.4, -0.2) is 11.7 Å². The second-order valence-corrected chi connectivity index (χ2v) is 14.7. The van der Waals surface area contributed by atoms with Crippen LogP contribution in [0.3, 0.4) is 0 Å². The van der Waals surface area contributed by atoms with Crippen LogP contribution in [0, 0.1) is 0 Å². The van der Waals surface area contributed by atoms with Gasteiger partial charge in [-0.25, -0.2) is 9.98 Å². The van der Waals surface area contributed by atoms with Crippen LogP contribution in [0.5, 0.6) is 0 Å². The first-order valence-electron chi connectivity index (χ1n) is 18.2. The molecule has 5 heteroatoms. The first-order valence-corrected chi connectivity index (χ1v) is 19.0. The van der Waals surface area contributed by atoms with Crippen LogP contribution in [0.15, 0.2) is 190 Å². The minimum absolute atomic E-state index is 0.365. The van der Waals surface area contributed by atoms with Crippen molar-refractivity contribution < 1.29 is 4.42 Å². The molecule has 10 aromatic rings. The van der Waals surface area contributed by atoms with E-state index >= 15 is 0 Å². The Kier molecular flexibility index (Phi) is 7.07. The summed E-state index contributed by atoms with van der Waals surface area (Å²) in [6.07, 6.45) is -0.365. The lowest BCUT2D eigenvalue weighted by molar-refractivity contribution is 0.670. The number of para-hydroxylation sites is 1. The van der Waals surface area contributed by atoms with Gasteiger partial charge in [-0.1, -0.05) is 158 Å². The van der Waals surface area contributed by atoms with Gasteiger partial charge in [0.05, 0.1) is 0 Å². The predicted octanol–water partition coefficient (Wildman–Crippen LogP) is 12.9. The average Bonchev–Trinajstić information content (AvgIpc) is 3.83. The molecular formula is C49H31N3OS. The number of benzene rings is 8. The third-order valence-electron chi connectivity index (χ3n) is 10.6. The molecule has 1 atom stereocenters. The number of aliphatic imine (C=N–C) groups is 2. The van der Waals surface area contributed by atoms with Gasteiger partial charge in [-0.05, 0) is 45.7 Å². The highest BCUT2D eigenvalue weighted by molar-refractivity contribution is 7.26. The summed E-state index contributed by atoms with van der Waals surface area (Å²) in [5.74, 6) is 1.53. The molecule has 0 saturated heterocycles. The Morgan fingerprint density at radius 1 is 0.481 bits per heavy atom. The predicted molar refractivity (Wildman–Crippen MR) is 227 cm³/mol. The first kappa shape index (κ1) is 30.8. The Morgan fingerprint density at radius 2 is 1.11 bits per heavy atom. The maximum absolute atomic E-state index is 6.65. The number of amidine groups is 2. The lowest BCUT2D eigenvalue weighted by Crippen LogP contribution is -2.33. The van der Waals surface area contributed by atoms with E-state index < -0.39 is 0 Å². The summed E-state index contributed by atoms with van der Waals surface area (Å²) in [5.41, 5.74) is 9.46. The minimum Gasteiger partial charge on any atom is -0.455 e. The van der Waals surface area contributed by atoms with Crippen LogP contribution in [-0.2, 0) is 0 Å². The van der Waals surface area contributed by atoms with E-state index in [1.54, 1.807) is 0 Å². The minimum atomic E-state index is -0.365. The van der Waals surface area contributed by atoms with Gasteiger partial charge in [0.2, 0.25) is 0 Å². The second-order valence-electron chi connectivity index (χ2n) is 13.7. The second kappa shape index (κ2) is 12.4. The average molecular weight is 710 g/mol. The number of nitrogens with one attached hydrogen (secondary N) is 1. The van der Waals surface area contributed by atoms with Crippen molar-refractivity contribution in [1.29, 1.82) is 0 Å². The van der Waals surface area contributed by atoms with Gasteiger partial charge in [-0.3, -0.25) is 0 Å². The third-order valence-corrected chi connectivity index (χ3v) is 11.8. The van der Waals surface area contributed by atoms with Gasteiger partial charge in [-0.15, -0.1) is 11.3 Å². The molecule has 0 spiro atoms. The van der Waals surface area contributed by atoms with Gasteiger partial charge >= 0.3 is 0 Å². The Morgan fingerprint density at radius 3 is 1.96 bits per heavy atom. The van der Waals surface area contributed by atoms with Crippen molar-refractivity contribution in [3.8, 4) is 22.3 Å². The summed E-state index contributed by atoms with van der Waals surface area (Å²) in [7, 11) is 0. The fraction of sp³-hybridized carbons (Fsp3) is 0.0204. The monoisotopic (exact) mass is 709 g/mol. The summed E-state index contributed by atoms with van der Waals surface area (Å²) in [4.78, 5) is 10.5. The molecule has 1 aliphatic heterocycles. The van der Waals surface area contributed by atoms with Crippen molar-refractivity contribution in [2.24, 2.45) is 9.98 Å². The molecular weight excluding hydrogens is 679 g/mol. The van der Waals surface area contributed by atoms with E-state index in [1.165, 1.54) is 20.2 Å². The Balaban J connectivity index is 1.08. The molecule has 0 bridgehead atoms. The number of thiophene rings is 1. The summed E-state index contributed by atoms with van der Waals surface area (Å²) in [6.45, 7) is 0. The van der Waals surface area contributed by atoms with Gasteiger partial charge < -0.3 is 9.73 Å². The maximum Gasteiger partial charge on any atom is 0.159 e. The van der Waals surface area contributed by atoms with E-state index in [1.807, 2.05) is 35.6 Å². The third kappa shape index (κ3) is 4.90. The Labute approximate surface area is 315 Å². The Bertz CT molecular complexity index is 3140. The Hall–Kier alpha value is -6.82. The zero-order valence-corrected chi connectivity index (χ0v) is 29.8. The zero-order valence-electron chi connectivity index (χ0n) is 29.0. The van der Waals surface area contributed by atoms with E-state index in [0.29, 0.717) is 5.84 Å². The van der Waals surface area contributed by atoms with Crippen molar-refractivity contribution in [2.75, 3.05) is 0 Å². The molecule has 4 nitrogen and oxygen atoms in total. The highest BCUT2D eigenvalue weighted by atomic mass is 32.1. The normalized spacial score (nSPS) is 14.5. The fourth-order valence-corrected chi connectivity index (χ4v) is 9.34. The van der Waals surface area contributed by atoms with Crippen LogP contribution in [0.2, 0.25) is 0 Å². The highest BCUT2D eigenvalue weighted by Crippen LogP contribution is 2.43. The summed E-state index contributed by atoms with van der Waals surface area (Å²) >= 11 is 1.81. The topological polar surface area (TPSA) is 49.9 Å². The molecule has 1 aliphatic rings. The molecule has 8 aromatic carbocycles. The molecule has 254 valence electrons. The van der Waals surface area contributed by atoms with Crippen LogP contribution in [0.25, 0.3) is 75.1 Å². The van der Waals surface area contributed by atoms with E-state index in [0.717, 1.165) is 77.5 Å². The van der Waals surface area contributed by atoms with E-state index in [-0.39, 0.29) is 6.17 Å². The molecule has 2 aromatic heterocycles. The zero-order chi connectivity index (χ0) is 35.6. The van der Waals surface area contributed by atoms with Crippen LogP contribution in [0.4, 0.5) is 0 Å². The molecule has 1 N–H and O–H groups in total. The number of rotatable bonds is 5. The molecule has 1 unspecified atom stereocenters. The van der Waals surface area contributed by atoms with Gasteiger partial charge in [0.1, 0.15) is 23.2 Å². The molecule has 11 rings (SSSR count). The molecule has 0 radical (unpaired) electrons. The summed E-state index contributed by atoms with van der Waals surface area (Å²) in [5, 5.41) is 10.8. The molecule has 0 aliphatic carbocycles. The van der Waals surface area contributed by atoms with Crippen LogP contribution in [0.1, 0.15) is 22.9 Å². The van der Waals surface area contributed by atoms with Crippen molar-refractivity contribution in [3.05, 3.63) is 193 Å². The van der Waals surface area contributed by atoms with Gasteiger partial charge in [0.25, 0.3) is 0 Å². The first-order chi connectivity index (χ1) is 26.8. The van der Waals surface area contributed by atoms with Gasteiger partial charge in [0.15, 0.2) is 5.84 Å². The van der Waals surface area contributed by atoms with Gasteiger partial charge in [0, 0.05) is 53.2 Å². The van der Waals surface area contributed by atoms with Gasteiger partial charge in [-0.2, -0.15) is 0 Å². The van der Waals surface area contributed by atoms with Crippen molar-refractivity contribution >= 4 is 75.9 Å². The molecule has 0 amide bonds. The summed E-state index contributed by atoms with van der Waals surface area (Å²) < 4.78 is 9.13. The number of furan rings is 1. The summed E-state index contributed by atoms with van der Waals surface area (Å²) in [6, 6.07) is 61.9. The van der Waals surface area contributed by atoms with E-state index in [2.05, 4.69) is 157 Å². The van der Waals surface area contributed by atoms with Crippen molar-refractivity contribution in [1.82, 2.24) is 5.32 Å². The number of hydrogen-bond acceptors (Lipinski definition) is 5. The SMILES string of the molecule is c1ccc(C2=NC(c3cccc4c(-c5cccc6oc7c(-c8ccccc8)cccc7c56)cccc34)NC(c3cccc4c3sc3ccccc34)=N2)cc1. The lowest BCUT2D eigenvalue weighted by Gasteiger charge is -2.25.